The summed E-state index contributed by atoms with van der Waals surface area (Å²) in [6, 6.07) is 0. The highest BCUT2D eigenvalue weighted by Crippen LogP contribution is 2.28. The molecule has 0 unspecified atom stereocenters. The van der Waals surface area contributed by atoms with E-state index in [1.165, 1.54) is 11.3 Å². The van der Waals surface area contributed by atoms with Crippen LogP contribution in [-0.2, 0) is 0 Å². The lowest BCUT2D eigenvalue weighted by atomic mass is 10.1. The van der Waals surface area contributed by atoms with Gasteiger partial charge >= 0.3 is 0 Å². The van der Waals surface area contributed by atoms with Crippen LogP contribution in [0, 0.1) is 12.8 Å². The van der Waals surface area contributed by atoms with Gasteiger partial charge in [-0.2, -0.15) is 0 Å². The average Bonchev–Trinajstić information content (AvgIpc) is 2.31. The molecule has 0 saturated carbocycles. The SMILES string of the molecule is Cc1csc(C(=O)CC(C)C)c1Cl. The quantitative estimate of drug-likeness (QED) is 0.700. The lowest BCUT2D eigenvalue weighted by molar-refractivity contribution is 0.0972. The molecule has 0 amide bonds. The molecule has 0 radical (unpaired) electrons. The third-order valence-corrected chi connectivity index (χ3v) is 3.48. The molecule has 3 heteroatoms. The Morgan fingerprint density at radius 1 is 1.62 bits per heavy atom. The van der Waals surface area contributed by atoms with Gasteiger partial charge in [0, 0.05) is 6.42 Å². The predicted molar refractivity (Wildman–Crippen MR) is 57.9 cm³/mol. The van der Waals surface area contributed by atoms with Crippen molar-refractivity contribution in [2.45, 2.75) is 27.2 Å². The number of ketones is 1. The number of rotatable bonds is 3. The summed E-state index contributed by atoms with van der Waals surface area (Å²) in [7, 11) is 0. The number of halogens is 1. The standard InChI is InChI=1S/C10H13ClOS/c1-6(2)4-8(12)10-9(11)7(3)5-13-10/h5-6H,4H2,1-3H3. The molecule has 13 heavy (non-hydrogen) atoms. The van der Waals surface area contributed by atoms with Crippen molar-refractivity contribution in [3.05, 3.63) is 20.8 Å². The minimum atomic E-state index is 0.165. The summed E-state index contributed by atoms with van der Waals surface area (Å²) in [6.45, 7) is 5.99. The van der Waals surface area contributed by atoms with Gasteiger partial charge in [0.05, 0.1) is 9.90 Å². The van der Waals surface area contributed by atoms with Crippen LogP contribution >= 0.6 is 22.9 Å². The monoisotopic (exact) mass is 216 g/mol. The summed E-state index contributed by atoms with van der Waals surface area (Å²) in [6.07, 6.45) is 0.583. The van der Waals surface area contributed by atoms with Gasteiger partial charge in [0.2, 0.25) is 0 Å². The van der Waals surface area contributed by atoms with Crippen molar-refractivity contribution < 1.29 is 4.79 Å². The first-order chi connectivity index (χ1) is 6.02. The van der Waals surface area contributed by atoms with Crippen molar-refractivity contribution in [1.29, 1.82) is 0 Å². The molecule has 72 valence electrons. The summed E-state index contributed by atoms with van der Waals surface area (Å²) < 4.78 is 0. The first kappa shape index (κ1) is 10.7. The van der Waals surface area contributed by atoms with Gasteiger partial charge in [0.25, 0.3) is 0 Å². The Morgan fingerprint density at radius 2 is 2.23 bits per heavy atom. The Labute approximate surface area is 87.7 Å². The van der Waals surface area contributed by atoms with E-state index in [4.69, 9.17) is 11.6 Å². The van der Waals surface area contributed by atoms with Crippen molar-refractivity contribution in [3.63, 3.8) is 0 Å². The van der Waals surface area contributed by atoms with Crippen LogP contribution in [0.4, 0.5) is 0 Å². The van der Waals surface area contributed by atoms with E-state index in [0.717, 1.165) is 5.56 Å². The van der Waals surface area contributed by atoms with Gasteiger partial charge in [0.1, 0.15) is 0 Å². The Balaban J connectivity index is 2.83. The topological polar surface area (TPSA) is 17.1 Å². The first-order valence-electron chi connectivity index (χ1n) is 4.29. The van der Waals surface area contributed by atoms with E-state index in [9.17, 15) is 4.79 Å². The predicted octanol–water partition coefficient (Wildman–Crippen LogP) is 3.94. The molecule has 0 atom stereocenters. The molecule has 0 aliphatic carbocycles. The van der Waals surface area contributed by atoms with E-state index < -0.39 is 0 Å². The number of aryl methyl sites for hydroxylation is 1. The van der Waals surface area contributed by atoms with E-state index in [0.29, 0.717) is 22.2 Å². The number of hydrogen-bond acceptors (Lipinski definition) is 2. The van der Waals surface area contributed by atoms with Crippen LogP contribution in [0.1, 0.15) is 35.5 Å². The van der Waals surface area contributed by atoms with Gasteiger partial charge in [-0.05, 0) is 23.8 Å². The van der Waals surface area contributed by atoms with Crippen LogP contribution in [0.3, 0.4) is 0 Å². The van der Waals surface area contributed by atoms with Crippen molar-refractivity contribution in [3.8, 4) is 0 Å². The van der Waals surface area contributed by atoms with Crippen LogP contribution < -0.4 is 0 Å². The Bertz CT molecular complexity index is 315. The fourth-order valence-corrected chi connectivity index (χ4v) is 2.33. The molecule has 1 rings (SSSR count). The summed E-state index contributed by atoms with van der Waals surface area (Å²) >= 11 is 7.42. The zero-order valence-electron chi connectivity index (χ0n) is 8.06. The molecule has 0 fully saturated rings. The lowest BCUT2D eigenvalue weighted by Gasteiger charge is -2.01. The Hall–Kier alpha value is -0.340. The van der Waals surface area contributed by atoms with Gasteiger partial charge < -0.3 is 0 Å². The summed E-state index contributed by atoms with van der Waals surface area (Å²) in [5, 5.41) is 2.56. The van der Waals surface area contributed by atoms with Crippen LogP contribution in [0.25, 0.3) is 0 Å². The molecule has 1 aromatic rings. The molecule has 0 N–H and O–H groups in total. The van der Waals surface area contributed by atoms with Gasteiger partial charge in [0.15, 0.2) is 5.78 Å². The second-order valence-electron chi connectivity index (χ2n) is 3.58. The largest absolute Gasteiger partial charge is 0.293 e. The molecule has 0 saturated heterocycles. The van der Waals surface area contributed by atoms with E-state index in [1.807, 2.05) is 26.2 Å². The van der Waals surface area contributed by atoms with Crippen molar-refractivity contribution in [1.82, 2.24) is 0 Å². The van der Waals surface area contributed by atoms with E-state index >= 15 is 0 Å². The van der Waals surface area contributed by atoms with Gasteiger partial charge in [-0.1, -0.05) is 25.4 Å². The van der Waals surface area contributed by atoms with Crippen LogP contribution in [0.15, 0.2) is 5.38 Å². The maximum atomic E-state index is 11.6. The molecule has 1 heterocycles. The van der Waals surface area contributed by atoms with Crippen LogP contribution in [-0.4, -0.2) is 5.78 Å². The third kappa shape index (κ3) is 2.55. The molecule has 0 bridgehead atoms. The van der Waals surface area contributed by atoms with E-state index in [2.05, 4.69) is 0 Å². The van der Waals surface area contributed by atoms with Crippen molar-refractivity contribution >= 4 is 28.7 Å². The fourth-order valence-electron chi connectivity index (χ4n) is 1.08. The van der Waals surface area contributed by atoms with Crippen molar-refractivity contribution in [2.75, 3.05) is 0 Å². The Kier molecular flexibility index (Phi) is 3.51. The molecular weight excluding hydrogens is 204 g/mol. The minimum Gasteiger partial charge on any atom is -0.293 e. The van der Waals surface area contributed by atoms with Gasteiger partial charge in [-0.3, -0.25) is 4.79 Å². The maximum absolute atomic E-state index is 11.6. The first-order valence-corrected chi connectivity index (χ1v) is 5.55. The maximum Gasteiger partial charge on any atom is 0.174 e. The van der Waals surface area contributed by atoms with Crippen LogP contribution in [0.5, 0.6) is 0 Å². The van der Waals surface area contributed by atoms with E-state index in [1.54, 1.807) is 0 Å². The highest BCUT2D eigenvalue weighted by atomic mass is 35.5. The zero-order chi connectivity index (χ0) is 10.0. The molecular formula is C10H13ClOS. The summed E-state index contributed by atoms with van der Waals surface area (Å²) in [4.78, 5) is 12.3. The van der Waals surface area contributed by atoms with Gasteiger partial charge in [-0.15, -0.1) is 11.3 Å². The molecule has 0 aromatic carbocycles. The van der Waals surface area contributed by atoms with Gasteiger partial charge in [-0.25, -0.2) is 0 Å². The minimum absolute atomic E-state index is 0.165. The lowest BCUT2D eigenvalue weighted by Crippen LogP contribution is -2.01. The van der Waals surface area contributed by atoms with Crippen molar-refractivity contribution in [2.24, 2.45) is 5.92 Å². The zero-order valence-corrected chi connectivity index (χ0v) is 9.63. The highest BCUT2D eigenvalue weighted by Gasteiger charge is 2.15. The third-order valence-electron chi connectivity index (χ3n) is 1.75. The average molecular weight is 217 g/mol. The summed E-state index contributed by atoms with van der Waals surface area (Å²) in [5.41, 5.74) is 0.999. The normalized spacial score (nSPS) is 10.8. The summed E-state index contributed by atoms with van der Waals surface area (Å²) in [5.74, 6) is 0.559. The molecule has 0 spiro atoms. The molecule has 0 aliphatic heterocycles. The second-order valence-corrected chi connectivity index (χ2v) is 4.84. The van der Waals surface area contributed by atoms with Crippen LogP contribution in [0.2, 0.25) is 5.02 Å². The van der Waals surface area contributed by atoms with E-state index in [-0.39, 0.29) is 5.78 Å². The number of hydrogen-bond donors (Lipinski definition) is 0. The molecule has 1 nitrogen and oxygen atoms in total. The second kappa shape index (κ2) is 4.25. The number of thiophene rings is 1. The Morgan fingerprint density at radius 3 is 2.62 bits per heavy atom. The molecule has 1 aromatic heterocycles. The molecule has 0 aliphatic rings. The highest BCUT2D eigenvalue weighted by molar-refractivity contribution is 7.13. The smallest absolute Gasteiger partial charge is 0.174 e. The number of Topliss-reactive ketones (excluding diaryl/α,β-unsaturated/α-hetero) is 1. The number of carbonyl (C=O) groups is 1. The number of carbonyl (C=O) groups excluding carboxylic acids is 1. The fraction of sp³-hybridized carbons (Fsp3) is 0.500.